The molecule has 0 aliphatic heterocycles. The first-order valence-electron chi connectivity index (χ1n) is 10.3. The van der Waals surface area contributed by atoms with Gasteiger partial charge >= 0.3 is 11.9 Å². The van der Waals surface area contributed by atoms with Crippen LogP contribution in [0.25, 0.3) is 0 Å². The zero-order chi connectivity index (χ0) is 24.5. The molecule has 0 atom stereocenters. The Morgan fingerprint density at radius 1 is 0.559 bits per heavy atom. The van der Waals surface area contributed by atoms with Gasteiger partial charge in [-0.15, -0.1) is 0 Å². The number of esters is 2. The van der Waals surface area contributed by atoms with Crippen molar-refractivity contribution in [2.24, 2.45) is 0 Å². The van der Waals surface area contributed by atoms with Crippen molar-refractivity contribution >= 4 is 11.9 Å². The van der Waals surface area contributed by atoms with Crippen LogP contribution in [0.15, 0.2) is 60.7 Å². The van der Waals surface area contributed by atoms with Crippen LogP contribution in [-0.2, 0) is 22.7 Å². The molecule has 0 N–H and O–H groups in total. The molecule has 0 saturated heterocycles. The first kappa shape index (κ1) is 24.4. The highest BCUT2D eigenvalue weighted by Crippen LogP contribution is 2.25. The van der Waals surface area contributed by atoms with Crippen molar-refractivity contribution < 1.29 is 38.0 Å². The van der Waals surface area contributed by atoms with Crippen molar-refractivity contribution in [3.8, 4) is 23.0 Å². The maximum Gasteiger partial charge on any atom is 0.338 e. The molecule has 0 spiro atoms. The van der Waals surface area contributed by atoms with Gasteiger partial charge in [-0.05, 0) is 35.4 Å². The summed E-state index contributed by atoms with van der Waals surface area (Å²) in [5.41, 5.74) is 2.02. The highest BCUT2D eigenvalue weighted by molar-refractivity contribution is 5.91. The standard InChI is InChI=1S/C26H26O8/c1-29-21-9-19(10-22(13-21)30-2)25(27)33-15-17-7-5-6-8-18(17)16-34-26(28)20-11-23(31-3)14-24(12-20)32-4/h5-14H,15-16H2,1-4H3. The molecule has 8 heteroatoms. The molecule has 34 heavy (non-hydrogen) atoms. The lowest BCUT2D eigenvalue weighted by Crippen LogP contribution is -2.10. The monoisotopic (exact) mass is 466 g/mol. The molecule has 0 bridgehead atoms. The van der Waals surface area contributed by atoms with Gasteiger partial charge in [0.2, 0.25) is 0 Å². The SMILES string of the molecule is COc1cc(OC)cc(C(=O)OCc2ccccc2COC(=O)c2cc(OC)cc(OC)c2)c1. The number of methoxy groups -OCH3 is 4. The van der Waals surface area contributed by atoms with Crippen molar-refractivity contribution in [1.82, 2.24) is 0 Å². The third-order valence-electron chi connectivity index (χ3n) is 5.01. The average molecular weight is 466 g/mol. The van der Waals surface area contributed by atoms with E-state index in [-0.39, 0.29) is 13.2 Å². The van der Waals surface area contributed by atoms with Crippen molar-refractivity contribution in [3.63, 3.8) is 0 Å². The van der Waals surface area contributed by atoms with E-state index in [1.54, 1.807) is 48.5 Å². The first-order chi connectivity index (χ1) is 16.5. The van der Waals surface area contributed by atoms with Gasteiger partial charge in [-0.3, -0.25) is 0 Å². The molecule has 8 nitrogen and oxygen atoms in total. The van der Waals surface area contributed by atoms with Crippen molar-refractivity contribution in [2.45, 2.75) is 13.2 Å². The van der Waals surface area contributed by atoms with E-state index in [4.69, 9.17) is 28.4 Å². The molecule has 0 unspecified atom stereocenters. The summed E-state index contributed by atoms with van der Waals surface area (Å²) in [5, 5.41) is 0. The van der Waals surface area contributed by atoms with E-state index in [9.17, 15) is 9.59 Å². The quantitative estimate of drug-likeness (QED) is 0.405. The molecule has 0 radical (unpaired) electrons. The second-order valence-corrected chi connectivity index (χ2v) is 7.12. The maximum atomic E-state index is 12.6. The molecule has 0 aromatic heterocycles. The van der Waals surface area contributed by atoms with E-state index in [0.717, 1.165) is 0 Å². The number of hydrogen-bond acceptors (Lipinski definition) is 8. The zero-order valence-electron chi connectivity index (χ0n) is 19.5. The molecular weight excluding hydrogens is 440 g/mol. The van der Waals surface area contributed by atoms with Gasteiger partial charge in [0.1, 0.15) is 36.2 Å². The maximum absolute atomic E-state index is 12.6. The smallest absolute Gasteiger partial charge is 0.338 e. The van der Waals surface area contributed by atoms with Gasteiger partial charge in [0.05, 0.1) is 39.6 Å². The van der Waals surface area contributed by atoms with Gasteiger partial charge in [-0.1, -0.05) is 24.3 Å². The fourth-order valence-electron chi connectivity index (χ4n) is 3.14. The molecule has 3 aromatic carbocycles. The van der Waals surface area contributed by atoms with E-state index in [0.29, 0.717) is 45.3 Å². The Morgan fingerprint density at radius 3 is 1.18 bits per heavy atom. The Morgan fingerprint density at radius 2 is 0.882 bits per heavy atom. The van der Waals surface area contributed by atoms with Crippen LogP contribution in [0.5, 0.6) is 23.0 Å². The third-order valence-corrected chi connectivity index (χ3v) is 5.01. The Kier molecular flexibility index (Phi) is 8.34. The lowest BCUT2D eigenvalue weighted by atomic mass is 10.1. The van der Waals surface area contributed by atoms with E-state index < -0.39 is 11.9 Å². The summed E-state index contributed by atoms with van der Waals surface area (Å²) in [6.07, 6.45) is 0. The highest BCUT2D eigenvalue weighted by Gasteiger charge is 2.15. The zero-order valence-corrected chi connectivity index (χ0v) is 19.5. The number of carbonyl (C=O) groups is 2. The van der Waals surface area contributed by atoms with Crippen molar-refractivity contribution in [1.29, 1.82) is 0 Å². The number of benzene rings is 3. The summed E-state index contributed by atoms with van der Waals surface area (Å²) in [6.45, 7) is -0.00185. The van der Waals surface area contributed by atoms with Gasteiger partial charge in [-0.25, -0.2) is 9.59 Å². The van der Waals surface area contributed by atoms with Gasteiger partial charge in [0.15, 0.2) is 0 Å². The van der Waals surface area contributed by atoms with Crippen molar-refractivity contribution in [2.75, 3.05) is 28.4 Å². The van der Waals surface area contributed by atoms with E-state index in [2.05, 4.69) is 0 Å². The first-order valence-corrected chi connectivity index (χ1v) is 10.3. The normalized spacial score (nSPS) is 10.2. The minimum atomic E-state index is -0.535. The molecule has 3 rings (SSSR count). The Hall–Kier alpha value is -4.20. The summed E-state index contributed by atoms with van der Waals surface area (Å²) < 4.78 is 31.8. The number of rotatable bonds is 10. The summed E-state index contributed by atoms with van der Waals surface area (Å²) in [4.78, 5) is 25.2. The lowest BCUT2D eigenvalue weighted by molar-refractivity contribution is 0.0435. The lowest BCUT2D eigenvalue weighted by Gasteiger charge is -2.13. The Bertz CT molecular complexity index is 1020. The Labute approximate surface area is 197 Å². The molecule has 0 heterocycles. The fraction of sp³-hybridized carbons (Fsp3) is 0.231. The third kappa shape index (κ3) is 6.19. The van der Waals surface area contributed by atoms with Crippen LogP contribution in [0.4, 0.5) is 0 Å². The van der Waals surface area contributed by atoms with Crippen LogP contribution in [0.3, 0.4) is 0 Å². The number of ether oxygens (including phenoxy) is 6. The largest absolute Gasteiger partial charge is 0.497 e. The summed E-state index contributed by atoms with van der Waals surface area (Å²) in [5.74, 6) is 0.848. The average Bonchev–Trinajstić information content (AvgIpc) is 2.89. The van der Waals surface area contributed by atoms with Crippen LogP contribution in [0.2, 0.25) is 0 Å². The predicted octanol–water partition coefficient (Wildman–Crippen LogP) is 4.44. The van der Waals surface area contributed by atoms with Crippen LogP contribution in [0, 0.1) is 0 Å². The molecule has 3 aromatic rings. The van der Waals surface area contributed by atoms with Crippen LogP contribution in [0.1, 0.15) is 31.8 Å². The van der Waals surface area contributed by atoms with E-state index in [1.165, 1.54) is 28.4 Å². The molecule has 178 valence electrons. The highest BCUT2D eigenvalue weighted by atomic mass is 16.5. The van der Waals surface area contributed by atoms with Gasteiger partial charge < -0.3 is 28.4 Å². The van der Waals surface area contributed by atoms with Crippen LogP contribution in [-0.4, -0.2) is 40.4 Å². The van der Waals surface area contributed by atoms with Gasteiger partial charge in [0, 0.05) is 12.1 Å². The molecule has 0 saturated carbocycles. The van der Waals surface area contributed by atoms with E-state index in [1.807, 2.05) is 12.1 Å². The molecule has 0 aliphatic rings. The molecule has 0 amide bonds. The van der Waals surface area contributed by atoms with Crippen LogP contribution < -0.4 is 18.9 Å². The van der Waals surface area contributed by atoms with Crippen molar-refractivity contribution in [3.05, 3.63) is 82.9 Å². The number of hydrogen-bond donors (Lipinski definition) is 0. The topological polar surface area (TPSA) is 89.5 Å². The van der Waals surface area contributed by atoms with Gasteiger partial charge in [0.25, 0.3) is 0 Å². The Balaban J connectivity index is 1.67. The van der Waals surface area contributed by atoms with E-state index >= 15 is 0 Å². The fourth-order valence-corrected chi connectivity index (χ4v) is 3.14. The predicted molar refractivity (Wildman–Crippen MR) is 124 cm³/mol. The number of carbonyl (C=O) groups excluding carboxylic acids is 2. The second kappa shape index (κ2) is 11.6. The van der Waals surface area contributed by atoms with Gasteiger partial charge in [-0.2, -0.15) is 0 Å². The molecular formula is C26H26O8. The minimum absolute atomic E-state index is 0.000927. The summed E-state index contributed by atoms with van der Waals surface area (Å²) >= 11 is 0. The second-order valence-electron chi connectivity index (χ2n) is 7.12. The minimum Gasteiger partial charge on any atom is -0.497 e. The molecule has 0 aliphatic carbocycles. The summed E-state index contributed by atoms with van der Waals surface area (Å²) in [7, 11) is 6.01. The molecule has 0 fully saturated rings. The summed E-state index contributed by atoms with van der Waals surface area (Å²) in [6, 6.07) is 16.8. The van der Waals surface area contributed by atoms with Crippen LogP contribution >= 0.6 is 0 Å².